The van der Waals surface area contributed by atoms with Crippen molar-refractivity contribution in [2.45, 2.75) is 47.8 Å². The van der Waals surface area contributed by atoms with E-state index in [2.05, 4.69) is 47.5 Å². The molecule has 1 aliphatic rings. The summed E-state index contributed by atoms with van der Waals surface area (Å²) >= 11 is -1.50. The average Bonchev–Trinajstić information content (AvgIpc) is 2.29. The molecule has 0 N–H and O–H groups in total. The van der Waals surface area contributed by atoms with E-state index in [4.69, 9.17) is 0 Å². The third-order valence-corrected chi connectivity index (χ3v) is 7.72. The second-order valence-corrected chi connectivity index (χ2v) is 20.2. The summed E-state index contributed by atoms with van der Waals surface area (Å²) in [7, 11) is -0.892. The predicted octanol–water partition coefficient (Wildman–Crippen LogP) is 4.84. The van der Waals surface area contributed by atoms with Crippen molar-refractivity contribution in [2.24, 2.45) is 0 Å². The molecule has 0 aliphatic heterocycles. The Morgan fingerprint density at radius 2 is 1.71 bits per heavy atom. The molecule has 0 saturated heterocycles. The van der Waals surface area contributed by atoms with Crippen LogP contribution in [0.25, 0.3) is 0 Å². The van der Waals surface area contributed by atoms with Crippen molar-refractivity contribution >= 4 is 8.07 Å². The molecule has 0 aromatic rings. The van der Waals surface area contributed by atoms with E-state index >= 15 is 0 Å². The van der Waals surface area contributed by atoms with Gasteiger partial charge in [0.05, 0.1) is 0 Å². The fourth-order valence-corrected chi connectivity index (χ4v) is 5.60. The van der Waals surface area contributed by atoms with Crippen LogP contribution >= 0.6 is 0 Å². The summed E-state index contributed by atoms with van der Waals surface area (Å²) < 4.78 is 1.79. The molecular weight excluding hydrogens is 220 g/mol. The number of rotatable bonds is 3. The topological polar surface area (TPSA) is 0 Å². The van der Waals surface area contributed by atoms with E-state index in [1.807, 2.05) is 0 Å². The second-order valence-electron chi connectivity index (χ2n) is 6.68. The Balaban J connectivity index is 2.55. The fraction of sp³-hybridized carbons (Fsp3) is 0.667. The third-order valence-electron chi connectivity index (χ3n) is 2.66. The van der Waals surface area contributed by atoms with Gasteiger partial charge in [0.25, 0.3) is 0 Å². The van der Waals surface area contributed by atoms with Crippen molar-refractivity contribution in [2.75, 3.05) is 0 Å². The monoisotopic (exact) mass is 244 g/mol. The molecule has 0 unspecified atom stereocenters. The molecule has 0 heterocycles. The van der Waals surface area contributed by atoms with Gasteiger partial charge < -0.3 is 0 Å². The molecule has 1 aliphatic carbocycles. The van der Waals surface area contributed by atoms with Crippen LogP contribution in [-0.4, -0.2) is 8.07 Å². The Hall–Kier alpha value is 0.411. The van der Waals surface area contributed by atoms with Gasteiger partial charge >= 0.3 is 94.1 Å². The van der Waals surface area contributed by atoms with Gasteiger partial charge in [-0.25, -0.2) is 0 Å². The summed E-state index contributed by atoms with van der Waals surface area (Å²) in [6.45, 7) is 7.39. The van der Waals surface area contributed by atoms with Crippen LogP contribution in [0, 0.1) is 0 Å². The molecule has 0 radical (unpaired) electrons. The van der Waals surface area contributed by atoms with E-state index in [-0.39, 0.29) is 0 Å². The molecule has 0 fully saturated rings. The van der Waals surface area contributed by atoms with E-state index in [9.17, 15) is 0 Å². The summed E-state index contributed by atoms with van der Waals surface area (Å²) in [6.07, 6.45) is 6.15. The van der Waals surface area contributed by atoms with Crippen molar-refractivity contribution < 1.29 is 16.6 Å². The first-order valence-electron chi connectivity index (χ1n) is 5.57. The normalized spacial score (nSPS) is 18.1. The molecule has 2 heteroatoms. The van der Waals surface area contributed by atoms with Gasteiger partial charge in [-0.3, -0.25) is 0 Å². The van der Waals surface area contributed by atoms with Gasteiger partial charge in [-0.05, 0) is 0 Å². The van der Waals surface area contributed by atoms with Crippen LogP contribution in [0.4, 0.5) is 0 Å². The van der Waals surface area contributed by atoms with Gasteiger partial charge in [0.1, 0.15) is 0 Å². The zero-order valence-electron chi connectivity index (χ0n) is 10.6. The predicted molar refractivity (Wildman–Crippen MR) is 66.5 cm³/mol. The molecule has 14 heavy (non-hydrogen) atoms. The summed E-state index contributed by atoms with van der Waals surface area (Å²) in [4.78, 5) is 0. The van der Waals surface area contributed by atoms with Gasteiger partial charge in [0.15, 0.2) is 0 Å². The fourth-order valence-electron chi connectivity index (χ4n) is 1.90. The van der Waals surface area contributed by atoms with Crippen LogP contribution in [-0.2, 0) is 16.6 Å². The summed E-state index contributed by atoms with van der Waals surface area (Å²) in [6, 6.07) is 1.39. The number of hydrogen-bond acceptors (Lipinski definition) is 0. The minimum atomic E-state index is -1.50. The molecule has 0 bridgehead atoms. The molecule has 0 nitrogen and oxygen atoms in total. The first-order chi connectivity index (χ1) is 6.18. The van der Waals surface area contributed by atoms with Crippen molar-refractivity contribution in [1.82, 2.24) is 0 Å². The summed E-state index contributed by atoms with van der Waals surface area (Å²) in [5.41, 5.74) is 1.71. The van der Waals surface area contributed by atoms with E-state index in [1.54, 1.807) is 9.45 Å². The molecule has 0 saturated carbocycles. The van der Waals surface area contributed by atoms with Gasteiger partial charge in [0, 0.05) is 0 Å². The van der Waals surface area contributed by atoms with Crippen LogP contribution in [0.5, 0.6) is 0 Å². The molecule has 1 rings (SSSR count). The Morgan fingerprint density at radius 1 is 1.14 bits per heavy atom. The summed E-state index contributed by atoms with van der Waals surface area (Å²) in [5, 5.41) is 7.49. The Labute approximate surface area is 93.9 Å². The van der Waals surface area contributed by atoms with Crippen molar-refractivity contribution in [3.05, 3.63) is 21.6 Å². The van der Waals surface area contributed by atoms with Gasteiger partial charge in [-0.2, -0.15) is 0 Å². The Kier molecular flexibility index (Phi) is 3.67. The van der Waals surface area contributed by atoms with Crippen molar-refractivity contribution in [3.8, 4) is 0 Å². The van der Waals surface area contributed by atoms with Crippen LogP contribution in [0.3, 0.4) is 0 Å². The van der Waals surface area contributed by atoms with Gasteiger partial charge in [-0.1, -0.05) is 0 Å². The molecule has 0 spiro atoms. The average molecular weight is 244 g/mol. The molecular formula is C12H24SiTi. The SMILES string of the molecule is C[Si](C)(C)CC1=CC=[C]([Ti]([CH3])([CH3])[CH3])C1. The maximum absolute atomic E-state index is 2.50. The van der Waals surface area contributed by atoms with Crippen LogP contribution in [0.15, 0.2) is 21.6 Å². The molecule has 0 amide bonds. The molecule has 0 aromatic heterocycles. The maximum atomic E-state index is 2.50. The quantitative estimate of drug-likeness (QED) is 0.623. The minimum absolute atomic E-state index is 0.892. The van der Waals surface area contributed by atoms with Crippen molar-refractivity contribution in [1.29, 1.82) is 0 Å². The number of allylic oxidation sites excluding steroid dienone is 4. The molecule has 0 aromatic carbocycles. The Bertz CT molecular complexity index is 274. The van der Waals surface area contributed by atoms with Crippen LogP contribution in [0.1, 0.15) is 6.42 Å². The number of hydrogen-bond donors (Lipinski definition) is 0. The van der Waals surface area contributed by atoms with Crippen LogP contribution < -0.4 is 0 Å². The molecule has 0 atom stereocenters. The van der Waals surface area contributed by atoms with E-state index < -0.39 is 24.7 Å². The first-order valence-corrected chi connectivity index (χ1v) is 14.7. The third kappa shape index (κ3) is 3.88. The van der Waals surface area contributed by atoms with E-state index in [0.29, 0.717) is 0 Å². The second kappa shape index (κ2) is 4.11. The van der Waals surface area contributed by atoms with E-state index in [0.717, 1.165) is 0 Å². The zero-order chi connectivity index (χ0) is 11.0. The first kappa shape index (κ1) is 12.5. The standard InChI is InChI=1S/C9H15Si.3CH3.Ti/c1-10(2,3)8-9-6-4-5-7-9;;;;/h4,6H,7-8H2,1-3H3;3*1H3;. The van der Waals surface area contributed by atoms with Crippen molar-refractivity contribution in [3.63, 3.8) is 0 Å². The van der Waals surface area contributed by atoms with E-state index in [1.165, 1.54) is 12.5 Å². The van der Waals surface area contributed by atoms with Gasteiger partial charge in [0.2, 0.25) is 0 Å². The van der Waals surface area contributed by atoms with Crippen LogP contribution in [0.2, 0.25) is 41.4 Å². The molecule has 80 valence electrons. The Morgan fingerprint density at radius 3 is 2.07 bits per heavy atom. The van der Waals surface area contributed by atoms with Gasteiger partial charge in [-0.15, -0.1) is 0 Å². The zero-order valence-corrected chi connectivity index (χ0v) is 13.1. The summed E-state index contributed by atoms with van der Waals surface area (Å²) in [5.74, 6) is 0.